The van der Waals surface area contributed by atoms with Gasteiger partial charge in [-0.1, -0.05) is 12.1 Å². The minimum atomic E-state index is -4.00. The van der Waals surface area contributed by atoms with Crippen LogP contribution in [0.5, 0.6) is 0 Å². The molecule has 3 aromatic rings. The molecular weight excluding hydrogens is 313 g/mol. The number of para-hydroxylation sites is 1. The molecule has 0 saturated carbocycles. The summed E-state index contributed by atoms with van der Waals surface area (Å²) in [7, 11) is -4.00. The minimum absolute atomic E-state index is 0.00229. The Kier molecular flexibility index (Phi) is 3.66. The van der Waals surface area contributed by atoms with Gasteiger partial charge in [0.1, 0.15) is 5.01 Å². The molecule has 0 aliphatic heterocycles. The maximum absolute atomic E-state index is 13.5. The van der Waals surface area contributed by atoms with Crippen molar-refractivity contribution in [1.82, 2.24) is 14.7 Å². The molecule has 21 heavy (non-hydrogen) atoms. The molecule has 8 heteroatoms. The van der Waals surface area contributed by atoms with Crippen LogP contribution in [0.25, 0.3) is 10.2 Å². The third-order valence-corrected chi connectivity index (χ3v) is 5.10. The zero-order valence-corrected chi connectivity index (χ0v) is 12.3. The van der Waals surface area contributed by atoms with Crippen molar-refractivity contribution in [3.8, 4) is 0 Å². The molecule has 0 radical (unpaired) electrons. The van der Waals surface area contributed by atoms with Crippen molar-refractivity contribution < 1.29 is 12.8 Å². The highest BCUT2D eigenvalue weighted by atomic mass is 32.2. The SMILES string of the molecule is O=S(=O)(NCc1nc2ccccc2s1)c1ncccc1F. The van der Waals surface area contributed by atoms with Gasteiger partial charge in [-0.2, -0.15) is 0 Å². The molecule has 0 amide bonds. The molecule has 0 aliphatic rings. The molecule has 0 spiro atoms. The van der Waals surface area contributed by atoms with Crippen LogP contribution in [0.1, 0.15) is 5.01 Å². The quantitative estimate of drug-likeness (QED) is 0.800. The number of sulfonamides is 1. The second kappa shape index (κ2) is 5.47. The van der Waals surface area contributed by atoms with Crippen LogP contribution in [0.4, 0.5) is 4.39 Å². The molecule has 2 aromatic heterocycles. The zero-order chi connectivity index (χ0) is 14.9. The van der Waals surface area contributed by atoms with Gasteiger partial charge in [0.15, 0.2) is 5.82 Å². The van der Waals surface area contributed by atoms with Crippen LogP contribution < -0.4 is 4.72 Å². The number of nitrogens with one attached hydrogen (secondary N) is 1. The molecule has 1 aromatic carbocycles. The van der Waals surface area contributed by atoms with Crippen molar-refractivity contribution >= 4 is 31.6 Å². The van der Waals surface area contributed by atoms with Gasteiger partial charge in [0.2, 0.25) is 5.03 Å². The van der Waals surface area contributed by atoms with Crippen LogP contribution in [0.3, 0.4) is 0 Å². The highest BCUT2D eigenvalue weighted by Crippen LogP contribution is 2.21. The molecule has 2 heterocycles. The Morgan fingerprint density at radius 3 is 2.76 bits per heavy atom. The van der Waals surface area contributed by atoms with Gasteiger partial charge in [-0.15, -0.1) is 11.3 Å². The number of benzene rings is 1. The van der Waals surface area contributed by atoms with Crippen LogP contribution in [0.15, 0.2) is 47.6 Å². The summed E-state index contributed by atoms with van der Waals surface area (Å²) in [6.07, 6.45) is 1.23. The molecule has 0 bridgehead atoms. The lowest BCUT2D eigenvalue weighted by molar-refractivity contribution is 0.544. The number of fused-ring (bicyclic) bond motifs is 1. The van der Waals surface area contributed by atoms with Crippen LogP contribution in [-0.2, 0) is 16.6 Å². The monoisotopic (exact) mass is 323 g/mol. The molecule has 1 N–H and O–H groups in total. The van der Waals surface area contributed by atoms with E-state index in [-0.39, 0.29) is 6.54 Å². The van der Waals surface area contributed by atoms with Crippen molar-refractivity contribution in [2.24, 2.45) is 0 Å². The first-order valence-corrected chi connectivity index (χ1v) is 8.31. The summed E-state index contributed by atoms with van der Waals surface area (Å²) in [4.78, 5) is 7.87. The maximum Gasteiger partial charge on any atom is 0.261 e. The fourth-order valence-electron chi connectivity index (χ4n) is 1.79. The van der Waals surface area contributed by atoms with E-state index in [1.54, 1.807) is 0 Å². The van der Waals surface area contributed by atoms with E-state index < -0.39 is 20.9 Å². The molecule has 108 valence electrons. The Bertz CT molecular complexity index is 860. The van der Waals surface area contributed by atoms with Crippen LogP contribution in [0, 0.1) is 5.82 Å². The van der Waals surface area contributed by atoms with Crippen LogP contribution in [-0.4, -0.2) is 18.4 Å². The second-order valence-electron chi connectivity index (χ2n) is 4.19. The number of aromatic nitrogens is 2. The van der Waals surface area contributed by atoms with E-state index in [4.69, 9.17) is 0 Å². The number of hydrogen-bond donors (Lipinski definition) is 1. The fraction of sp³-hybridized carbons (Fsp3) is 0.0769. The molecule has 3 rings (SSSR count). The lowest BCUT2D eigenvalue weighted by atomic mass is 10.3. The van der Waals surface area contributed by atoms with Crippen LogP contribution >= 0.6 is 11.3 Å². The van der Waals surface area contributed by atoms with Gasteiger partial charge in [0.05, 0.1) is 16.8 Å². The first kappa shape index (κ1) is 14.1. The Morgan fingerprint density at radius 1 is 1.19 bits per heavy atom. The van der Waals surface area contributed by atoms with Gasteiger partial charge in [-0.25, -0.2) is 27.5 Å². The average molecular weight is 323 g/mol. The highest BCUT2D eigenvalue weighted by molar-refractivity contribution is 7.89. The average Bonchev–Trinajstić information content (AvgIpc) is 2.88. The zero-order valence-electron chi connectivity index (χ0n) is 10.7. The van der Waals surface area contributed by atoms with Gasteiger partial charge >= 0.3 is 0 Å². The Hall–Kier alpha value is -1.90. The normalized spacial score (nSPS) is 11.9. The summed E-state index contributed by atoms with van der Waals surface area (Å²) in [5, 5.41) is 0.00206. The van der Waals surface area contributed by atoms with Crippen molar-refractivity contribution in [3.05, 3.63) is 53.4 Å². The van der Waals surface area contributed by atoms with Crippen molar-refractivity contribution in [3.63, 3.8) is 0 Å². The third-order valence-electron chi connectivity index (χ3n) is 2.73. The van der Waals surface area contributed by atoms with Crippen molar-refractivity contribution in [1.29, 1.82) is 0 Å². The summed E-state index contributed by atoms with van der Waals surface area (Å²) in [5.41, 5.74) is 0.806. The molecule has 0 unspecified atom stereocenters. The van der Waals surface area contributed by atoms with Crippen LogP contribution in [0.2, 0.25) is 0 Å². The lowest BCUT2D eigenvalue weighted by Gasteiger charge is -2.04. The largest absolute Gasteiger partial charge is 0.261 e. The summed E-state index contributed by atoms with van der Waals surface area (Å²) in [5.74, 6) is -0.880. The maximum atomic E-state index is 13.5. The van der Waals surface area contributed by atoms with E-state index >= 15 is 0 Å². The summed E-state index contributed by atoms with van der Waals surface area (Å²) >= 11 is 1.39. The molecule has 0 saturated heterocycles. The standard InChI is InChI=1S/C13H10FN3O2S2/c14-9-4-3-7-15-13(9)21(18,19)16-8-12-17-10-5-1-2-6-11(10)20-12/h1-7,16H,8H2. The predicted molar refractivity (Wildman–Crippen MR) is 77.8 cm³/mol. The molecule has 5 nitrogen and oxygen atoms in total. The smallest absolute Gasteiger partial charge is 0.241 e. The van der Waals surface area contributed by atoms with Crippen molar-refractivity contribution in [2.45, 2.75) is 11.6 Å². The lowest BCUT2D eigenvalue weighted by Crippen LogP contribution is -2.25. The summed E-state index contributed by atoms with van der Waals surface area (Å²) < 4.78 is 40.8. The van der Waals surface area contributed by atoms with Gasteiger partial charge < -0.3 is 0 Å². The molecule has 0 fully saturated rings. The van der Waals surface area contributed by atoms with E-state index in [9.17, 15) is 12.8 Å². The number of thiazole rings is 1. The van der Waals surface area contributed by atoms with E-state index in [0.29, 0.717) is 5.01 Å². The van der Waals surface area contributed by atoms with Gasteiger partial charge in [-0.05, 0) is 24.3 Å². The fourth-order valence-corrected chi connectivity index (χ4v) is 3.78. The van der Waals surface area contributed by atoms with E-state index in [1.165, 1.54) is 23.6 Å². The van der Waals surface area contributed by atoms with E-state index in [0.717, 1.165) is 16.3 Å². The number of halogens is 1. The van der Waals surface area contributed by atoms with Crippen molar-refractivity contribution in [2.75, 3.05) is 0 Å². The molecule has 0 atom stereocenters. The third kappa shape index (κ3) is 2.92. The van der Waals surface area contributed by atoms with Gasteiger partial charge in [0, 0.05) is 6.20 Å². The summed E-state index contributed by atoms with van der Waals surface area (Å²) in [6, 6.07) is 9.89. The van der Waals surface area contributed by atoms with Gasteiger partial charge in [0.25, 0.3) is 10.0 Å². The van der Waals surface area contributed by atoms with E-state index in [1.807, 2.05) is 24.3 Å². The highest BCUT2D eigenvalue weighted by Gasteiger charge is 2.20. The molecular formula is C13H10FN3O2S2. The second-order valence-corrected chi connectivity index (χ2v) is 6.99. The minimum Gasteiger partial charge on any atom is -0.241 e. The number of pyridine rings is 1. The first-order chi connectivity index (χ1) is 10.1. The van der Waals surface area contributed by atoms with E-state index in [2.05, 4.69) is 14.7 Å². The number of nitrogens with zero attached hydrogens (tertiary/aromatic N) is 2. The Balaban J connectivity index is 1.82. The topological polar surface area (TPSA) is 72.0 Å². The number of rotatable bonds is 4. The number of hydrogen-bond acceptors (Lipinski definition) is 5. The first-order valence-electron chi connectivity index (χ1n) is 6.01. The Labute approximate surface area is 124 Å². The molecule has 0 aliphatic carbocycles. The Morgan fingerprint density at radius 2 is 2.00 bits per heavy atom. The summed E-state index contributed by atoms with van der Waals surface area (Å²) in [6.45, 7) is -0.00229. The predicted octanol–water partition coefficient (Wildman–Crippen LogP) is 2.31. The van der Waals surface area contributed by atoms with Gasteiger partial charge in [-0.3, -0.25) is 0 Å².